The molecule has 6 nitrogen and oxygen atoms in total. The van der Waals surface area contributed by atoms with Crippen molar-refractivity contribution in [3.8, 4) is 11.8 Å². The third-order valence-electron chi connectivity index (χ3n) is 4.45. The SMILES string of the molecule is CCN(CC)CCCN/C=C(/C#N)C(=O)Nc1cccc2c(O)cccc12. The quantitative estimate of drug-likeness (QED) is 0.360. The number of rotatable bonds is 9. The Morgan fingerprint density at radius 3 is 2.59 bits per heavy atom. The molecule has 0 aromatic heterocycles. The molecule has 0 spiro atoms. The van der Waals surface area contributed by atoms with Crippen LogP contribution in [0.25, 0.3) is 10.8 Å². The molecule has 6 heteroatoms. The van der Waals surface area contributed by atoms with E-state index in [4.69, 9.17) is 0 Å². The van der Waals surface area contributed by atoms with Crippen LogP contribution in [0.5, 0.6) is 5.75 Å². The first-order valence-corrected chi connectivity index (χ1v) is 9.18. The van der Waals surface area contributed by atoms with E-state index in [1.54, 1.807) is 30.3 Å². The zero-order valence-electron chi connectivity index (χ0n) is 15.8. The summed E-state index contributed by atoms with van der Waals surface area (Å²) in [6.07, 6.45) is 2.39. The molecule has 1 amide bonds. The summed E-state index contributed by atoms with van der Waals surface area (Å²) in [6, 6.07) is 12.3. The number of carbonyl (C=O) groups excluding carboxylic acids is 1. The van der Waals surface area contributed by atoms with Crippen molar-refractivity contribution >= 4 is 22.4 Å². The summed E-state index contributed by atoms with van der Waals surface area (Å²) >= 11 is 0. The summed E-state index contributed by atoms with van der Waals surface area (Å²) in [4.78, 5) is 14.7. The molecule has 0 bridgehead atoms. The summed E-state index contributed by atoms with van der Waals surface area (Å²) in [5.74, 6) is -0.334. The van der Waals surface area contributed by atoms with Gasteiger partial charge >= 0.3 is 0 Å². The molecule has 142 valence electrons. The van der Waals surface area contributed by atoms with Gasteiger partial charge in [0.2, 0.25) is 0 Å². The Balaban J connectivity index is 1.99. The molecule has 0 saturated carbocycles. The summed E-state index contributed by atoms with van der Waals surface area (Å²) in [7, 11) is 0. The molecule has 0 fully saturated rings. The first-order valence-electron chi connectivity index (χ1n) is 9.18. The van der Waals surface area contributed by atoms with Crippen LogP contribution >= 0.6 is 0 Å². The number of aromatic hydroxyl groups is 1. The number of hydrogen-bond donors (Lipinski definition) is 3. The number of benzene rings is 2. The minimum atomic E-state index is -0.482. The van der Waals surface area contributed by atoms with Gasteiger partial charge < -0.3 is 20.6 Å². The summed E-state index contributed by atoms with van der Waals surface area (Å²) in [5.41, 5.74) is 0.561. The van der Waals surface area contributed by atoms with E-state index >= 15 is 0 Å². The highest BCUT2D eigenvalue weighted by Crippen LogP contribution is 2.29. The van der Waals surface area contributed by atoms with Crippen molar-refractivity contribution in [1.29, 1.82) is 5.26 Å². The van der Waals surface area contributed by atoms with Crippen molar-refractivity contribution in [1.82, 2.24) is 10.2 Å². The van der Waals surface area contributed by atoms with Crippen LogP contribution in [0.15, 0.2) is 48.2 Å². The number of amides is 1. The molecule has 0 radical (unpaired) electrons. The summed E-state index contributed by atoms with van der Waals surface area (Å²) in [6.45, 7) is 7.94. The number of phenolic OH excluding ortho intramolecular Hbond substituents is 1. The third kappa shape index (κ3) is 5.47. The lowest BCUT2D eigenvalue weighted by atomic mass is 10.1. The number of anilines is 1. The zero-order valence-corrected chi connectivity index (χ0v) is 15.8. The average molecular weight is 366 g/mol. The average Bonchev–Trinajstić information content (AvgIpc) is 2.68. The Morgan fingerprint density at radius 1 is 1.19 bits per heavy atom. The molecule has 0 aliphatic heterocycles. The minimum absolute atomic E-state index is 0.00925. The molecule has 27 heavy (non-hydrogen) atoms. The van der Waals surface area contributed by atoms with Gasteiger partial charge in [-0.05, 0) is 38.2 Å². The van der Waals surface area contributed by atoms with Gasteiger partial charge in [0.15, 0.2) is 0 Å². The molecule has 0 saturated heterocycles. The Kier molecular flexibility index (Phi) is 7.65. The molecular formula is C21H26N4O2. The van der Waals surface area contributed by atoms with Crippen molar-refractivity contribution in [3.05, 3.63) is 48.2 Å². The Bertz CT molecular complexity index is 851. The van der Waals surface area contributed by atoms with E-state index in [-0.39, 0.29) is 11.3 Å². The number of fused-ring (bicyclic) bond motifs is 1. The van der Waals surface area contributed by atoms with Crippen LogP contribution in [-0.2, 0) is 4.79 Å². The predicted molar refractivity (Wildman–Crippen MR) is 108 cm³/mol. The number of nitrogens with zero attached hydrogens (tertiary/aromatic N) is 2. The molecule has 2 rings (SSSR count). The lowest BCUT2D eigenvalue weighted by Crippen LogP contribution is -2.26. The second-order valence-electron chi connectivity index (χ2n) is 6.14. The van der Waals surface area contributed by atoms with Gasteiger partial charge in [-0.25, -0.2) is 0 Å². The molecule has 0 heterocycles. The van der Waals surface area contributed by atoms with Crippen LogP contribution in [0, 0.1) is 11.3 Å². The first-order chi connectivity index (χ1) is 13.1. The monoisotopic (exact) mass is 366 g/mol. The van der Waals surface area contributed by atoms with Crippen molar-refractivity contribution in [2.45, 2.75) is 20.3 Å². The van der Waals surface area contributed by atoms with E-state index in [1.807, 2.05) is 12.1 Å². The third-order valence-corrected chi connectivity index (χ3v) is 4.45. The maximum atomic E-state index is 12.4. The Morgan fingerprint density at radius 2 is 1.89 bits per heavy atom. The first kappa shape index (κ1) is 20.3. The standard InChI is InChI=1S/C21H26N4O2/c1-3-25(4-2)13-7-12-23-15-16(14-22)21(27)24-19-10-5-9-18-17(19)8-6-11-20(18)26/h5-6,8-11,15,23,26H,3-4,7,12-13H2,1-2H3,(H,24,27)/b16-15-. The van der Waals surface area contributed by atoms with Crippen LogP contribution in [0.4, 0.5) is 5.69 Å². The maximum absolute atomic E-state index is 12.4. The Hall–Kier alpha value is -3.04. The number of nitriles is 1. The lowest BCUT2D eigenvalue weighted by molar-refractivity contribution is -0.112. The fourth-order valence-corrected chi connectivity index (χ4v) is 2.86. The van der Waals surface area contributed by atoms with Gasteiger partial charge in [-0.2, -0.15) is 5.26 Å². The second-order valence-corrected chi connectivity index (χ2v) is 6.14. The normalized spacial score (nSPS) is 11.4. The molecule has 2 aromatic rings. The fourth-order valence-electron chi connectivity index (χ4n) is 2.86. The van der Waals surface area contributed by atoms with Crippen molar-refractivity contribution in [2.75, 3.05) is 31.5 Å². The van der Waals surface area contributed by atoms with E-state index in [2.05, 4.69) is 29.4 Å². The van der Waals surface area contributed by atoms with Crippen LogP contribution < -0.4 is 10.6 Å². The molecule has 0 aliphatic carbocycles. The van der Waals surface area contributed by atoms with Gasteiger partial charge in [0.05, 0.1) is 0 Å². The van der Waals surface area contributed by atoms with E-state index in [0.717, 1.165) is 31.4 Å². The number of carbonyl (C=O) groups is 1. The molecule has 3 N–H and O–H groups in total. The lowest BCUT2D eigenvalue weighted by Gasteiger charge is -2.17. The van der Waals surface area contributed by atoms with Crippen molar-refractivity contribution in [2.24, 2.45) is 0 Å². The van der Waals surface area contributed by atoms with Gasteiger partial charge in [-0.1, -0.05) is 38.1 Å². The van der Waals surface area contributed by atoms with Crippen LogP contribution in [-0.4, -0.2) is 42.1 Å². The molecular weight excluding hydrogens is 340 g/mol. The summed E-state index contributed by atoms with van der Waals surface area (Å²) < 4.78 is 0. The largest absolute Gasteiger partial charge is 0.507 e. The topological polar surface area (TPSA) is 88.4 Å². The molecule has 0 atom stereocenters. The van der Waals surface area contributed by atoms with Crippen LogP contribution in [0.1, 0.15) is 20.3 Å². The van der Waals surface area contributed by atoms with Gasteiger partial charge in [-0.15, -0.1) is 0 Å². The van der Waals surface area contributed by atoms with Gasteiger partial charge in [0, 0.05) is 29.2 Å². The number of nitrogens with one attached hydrogen (secondary N) is 2. The van der Waals surface area contributed by atoms with E-state index < -0.39 is 5.91 Å². The van der Waals surface area contributed by atoms with E-state index in [9.17, 15) is 15.2 Å². The van der Waals surface area contributed by atoms with Gasteiger partial charge in [-0.3, -0.25) is 4.79 Å². The maximum Gasteiger partial charge on any atom is 0.267 e. The predicted octanol–water partition coefficient (Wildman–Crippen LogP) is 3.21. The zero-order chi connectivity index (χ0) is 19.6. The fraction of sp³-hybridized carbons (Fsp3) is 0.333. The van der Waals surface area contributed by atoms with Crippen LogP contribution in [0.2, 0.25) is 0 Å². The van der Waals surface area contributed by atoms with Gasteiger partial charge in [0.25, 0.3) is 5.91 Å². The smallest absolute Gasteiger partial charge is 0.267 e. The number of hydrogen-bond acceptors (Lipinski definition) is 5. The highest BCUT2D eigenvalue weighted by Gasteiger charge is 2.12. The van der Waals surface area contributed by atoms with Crippen molar-refractivity contribution < 1.29 is 9.90 Å². The molecule has 0 unspecified atom stereocenters. The summed E-state index contributed by atoms with van der Waals surface area (Å²) in [5, 5.41) is 26.4. The van der Waals surface area contributed by atoms with Crippen LogP contribution in [0.3, 0.4) is 0 Å². The number of phenols is 1. The van der Waals surface area contributed by atoms with Gasteiger partial charge in [0.1, 0.15) is 17.4 Å². The second kappa shape index (κ2) is 10.2. The highest BCUT2D eigenvalue weighted by molar-refractivity contribution is 6.11. The molecule has 0 aliphatic rings. The minimum Gasteiger partial charge on any atom is -0.507 e. The van der Waals surface area contributed by atoms with E-state index in [0.29, 0.717) is 17.6 Å². The highest BCUT2D eigenvalue weighted by atomic mass is 16.3. The van der Waals surface area contributed by atoms with E-state index in [1.165, 1.54) is 6.20 Å². The Labute approximate surface area is 160 Å². The van der Waals surface area contributed by atoms with Crippen molar-refractivity contribution in [3.63, 3.8) is 0 Å². The molecule has 2 aromatic carbocycles.